The van der Waals surface area contributed by atoms with E-state index in [4.69, 9.17) is 4.74 Å². The topological polar surface area (TPSA) is 26.3 Å². The molecule has 0 fully saturated rings. The van der Waals surface area contributed by atoms with Crippen molar-refractivity contribution >= 4 is 12.0 Å². The van der Waals surface area contributed by atoms with Gasteiger partial charge >= 0.3 is 5.97 Å². The molecule has 0 radical (unpaired) electrons. The molecule has 0 atom stereocenters. The molecule has 0 aliphatic heterocycles. The van der Waals surface area contributed by atoms with Crippen LogP contribution in [0.1, 0.15) is 24.8 Å². The third-order valence-corrected chi connectivity index (χ3v) is 2.05. The molecule has 0 heterocycles. The quantitative estimate of drug-likeness (QED) is 0.314. The number of ether oxygens (including phenoxy) is 1. The van der Waals surface area contributed by atoms with Crippen LogP contribution in [0.2, 0.25) is 0 Å². The highest BCUT2D eigenvalue weighted by atomic mass is 16.5. The van der Waals surface area contributed by atoms with Crippen LogP contribution in [0.5, 0.6) is 0 Å². The van der Waals surface area contributed by atoms with Crippen molar-refractivity contribution in [1.82, 2.24) is 0 Å². The zero-order valence-electron chi connectivity index (χ0n) is 9.26. The second kappa shape index (κ2) is 7.46. The predicted octanol–water partition coefficient (Wildman–Crippen LogP) is 3.56. The van der Waals surface area contributed by atoms with Crippen LogP contribution in [-0.2, 0) is 9.53 Å². The molecule has 0 bridgehead atoms. The maximum Gasteiger partial charge on any atom is 0.310 e. The van der Waals surface area contributed by atoms with Gasteiger partial charge in [-0.1, -0.05) is 36.4 Å². The van der Waals surface area contributed by atoms with E-state index in [0.717, 1.165) is 18.4 Å². The van der Waals surface area contributed by atoms with E-state index in [2.05, 4.69) is 6.58 Å². The molecular weight excluding hydrogens is 200 g/mol. The van der Waals surface area contributed by atoms with E-state index in [1.807, 2.05) is 30.3 Å². The van der Waals surface area contributed by atoms with E-state index in [0.29, 0.717) is 6.42 Å². The van der Waals surface area contributed by atoms with Gasteiger partial charge < -0.3 is 4.74 Å². The molecule has 0 saturated heterocycles. The van der Waals surface area contributed by atoms with Gasteiger partial charge in [0.05, 0.1) is 6.26 Å². The van der Waals surface area contributed by atoms with Crippen molar-refractivity contribution in [1.29, 1.82) is 0 Å². The van der Waals surface area contributed by atoms with Crippen molar-refractivity contribution in [3.63, 3.8) is 0 Å². The summed E-state index contributed by atoms with van der Waals surface area (Å²) in [6.07, 6.45) is 7.08. The number of allylic oxidation sites excluding steroid dienone is 1. The van der Waals surface area contributed by atoms with Gasteiger partial charge in [0, 0.05) is 6.42 Å². The number of esters is 1. The van der Waals surface area contributed by atoms with Gasteiger partial charge in [0.1, 0.15) is 0 Å². The molecule has 2 nitrogen and oxygen atoms in total. The monoisotopic (exact) mass is 216 g/mol. The van der Waals surface area contributed by atoms with Gasteiger partial charge in [0.25, 0.3) is 0 Å². The summed E-state index contributed by atoms with van der Waals surface area (Å²) in [5, 5.41) is 0. The summed E-state index contributed by atoms with van der Waals surface area (Å²) in [7, 11) is 0. The predicted molar refractivity (Wildman–Crippen MR) is 65.6 cm³/mol. The molecule has 0 aliphatic rings. The third-order valence-electron chi connectivity index (χ3n) is 2.05. The number of hydrogen-bond donors (Lipinski definition) is 0. The van der Waals surface area contributed by atoms with Gasteiger partial charge in [-0.15, -0.1) is 6.58 Å². The number of hydrogen-bond acceptors (Lipinski definition) is 2. The Morgan fingerprint density at radius 2 is 2.06 bits per heavy atom. The standard InChI is InChI=1S/C14H16O2/c1-2-3-5-10-14(15)16-12-11-13-8-6-4-7-9-13/h2,4,6-9,11-12H,1,3,5,10H2. The smallest absolute Gasteiger partial charge is 0.310 e. The molecule has 0 amide bonds. The number of benzene rings is 1. The maximum atomic E-state index is 11.2. The van der Waals surface area contributed by atoms with Gasteiger partial charge in [-0.2, -0.15) is 0 Å². The van der Waals surface area contributed by atoms with Crippen LogP contribution in [0.25, 0.3) is 6.08 Å². The van der Waals surface area contributed by atoms with E-state index in [1.54, 1.807) is 12.2 Å². The second-order valence-electron chi connectivity index (χ2n) is 3.38. The van der Waals surface area contributed by atoms with Crippen LogP contribution in [0.4, 0.5) is 0 Å². The molecule has 1 rings (SSSR count). The molecule has 84 valence electrons. The number of rotatable bonds is 6. The number of unbranched alkanes of at least 4 members (excludes halogenated alkanes) is 1. The highest BCUT2D eigenvalue weighted by Crippen LogP contribution is 2.02. The Morgan fingerprint density at radius 3 is 2.75 bits per heavy atom. The van der Waals surface area contributed by atoms with Gasteiger partial charge in [-0.25, -0.2) is 0 Å². The van der Waals surface area contributed by atoms with Crippen LogP contribution in [-0.4, -0.2) is 5.97 Å². The fraction of sp³-hybridized carbons (Fsp3) is 0.214. The lowest BCUT2D eigenvalue weighted by Gasteiger charge is -1.97. The van der Waals surface area contributed by atoms with Crippen LogP contribution in [0.3, 0.4) is 0 Å². The van der Waals surface area contributed by atoms with E-state index >= 15 is 0 Å². The first-order chi connectivity index (χ1) is 7.83. The summed E-state index contributed by atoms with van der Waals surface area (Å²) < 4.78 is 4.94. The average molecular weight is 216 g/mol. The van der Waals surface area contributed by atoms with Crippen LogP contribution in [0, 0.1) is 0 Å². The summed E-state index contributed by atoms with van der Waals surface area (Å²) in [6, 6.07) is 9.71. The Bertz CT molecular complexity index is 352. The summed E-state index contributed by atoms with van der Waals surface area (Å²) in [5.74, 6) is -0.200. The molecule has 0 aliphatic carbocycles. The minimum Gasteiger partial charge on any atom is -0.434 e. The molecule has 1 aromatic rings. The third kappa shape index (κ3) is 5.15. The van der Waals surface area contributed by atoms with Crippen LogP contribution < -0.4 is 0 Å². The van der Waals surface area contributed by atoms with Crippen molar-refractivity contribution < 1.29 is 9.53 Å². The highest BCUT2D eigenvalue weighted by Gasteiger charge is 1.98. The van der Waals surface area contributed by atoms with E-state index in [9.17, 15) is 4.79 Å². The second-order valence-corrected chi connectivity index (χ2v) is 3.38. The maximum absolute atomic E-state index is 11.2. The lowest BCUT2D eigenvalue weighted by molar-refractivity contribution is -0.138. The normalized spacial score (nSPS) is 10.2. The van der Waals surface area contributed by atoms with Crippen LogP contribution >= 0.6 is 0 Å². The van der Waals surface area contributed by atoms with Crippen molar-refractivity contribution in [2.75, 3.05) is 0 Å². The Kier molecular flexibility index (Phi) is 5.71. The lowest BCUT2D eigenvalue weighted by atomic mass is 10.2. The zero-order chi connectivity index (χ0) is 11.6. The minimum absolute atomic E-state index is 0.200. The summed E-state index contributed by atoms with van der Waals surface area (Å²) >= 11 is 0. The Labute approximate surface area is 96.2 Å². The molecule has 1 aromatic carbocycles. The van der Waals surface area contributed by atoms with Crippen LogP contribution in [0.15, 0.2) is 49.2 Å². The fourth-order valence-electron chi connectivity index (χ4n) is 1.20. The summed E-state index contributed by atoms with van der Waals surface area (Å²) in [5.41, 5.74) is 1.02. The first kappa shape index (κ1) is 12.2. The first-order valence-corrected chi connectivity index (χ1v) is 5.35. The Hall–Kier alpha value is -1.83. The van der Waals surface area contributed by atoms with E-state index in [-0.39, 0.29) is 5.97 Å². The summed E-state index contributed by atoms with van der Waals surface area (Å²) in [6.45, 7) is 3.59. The van der Waals surface area contributed by atoms with Gasteiger partial charge in [-0.05, 0) is 24.5 Å². The largest absolute Gasteiger partial charge is 0.434 e. The Balaban J connectivity index is 2.26. The summed E-state index contributed by atoms with van der Waals surface area (Å²) in [4.78, 5) is 11.2. The first-order valence-electron chi connectivity index (χ1n) is 5.35. The highest BCUT2D eigenvalue weighted by molar-refractivity contribution is 5.70. The molecule has 0 saturated carbocycles. The van der Waals surface area contributed by atoms with Crippen molar-refractivity contribution in [2.45, 2.75) is 19.3 Å². The zero-order valence-corrected chi connectivity index (χ0v) is 9.26. The van der Waals surface area contributed by atoms with Gasteiger partial charge in [-0.3, -0.25) is 4.79 Å². The molecule has 0 unspecified atom stereocenters. The molecular formula is C14H16O2. The molecule has 0 N–H and O–H groups in total. The molecule has 0 spiro atoms. The SMILES string of the molecule is C=CCCCC(=O)OC=Cc1ccccc1. The molecule has 0 aromatic heterocycles. The van der Waals surface area contributed by atoms with Crippen molar-refractivity contribution in [3.05, 3.63) is 54.8 Å². The number of carbonyl (C=O) groups is 1. The Morgan fingerprint density at radius 1 is 1.31 bits per heavy atom. The molecule has 16 heavy (non-hydrogen) atoms. The van der Waals surface area contributed by atoms with Gasteiger partial charge in [0.15, 0.2) is 0 Å². The van der Waals surface area contributed by atoms with E-state index in [1.165, 1.54) is 6.26 Å². The fourth-order valence-corrected chi connectivity index (χ4v) is 1.20. The van der Waals surface area contributed by atoms with Crippen molar-refractivity contribution in [2.24, 2.45) is 0 Å². The van der Waals surface area contributed by atoms with Crippen molar-refractivity contribution in [3.8, 4) is 0 Å². The van der Waals surface area contributed by atoms with E-state index < -0.39 is 0 Å². The van der Waals surface area contributed by atoms with Gasteiger partial charge in [0.2, 0.25) is 0 Å². The lowest BCUT2D eigenvalue weighted by Crippen LogP contribution is -1.98. The number of carbonyl (C=O) groups excluding carboxylic acids is 1. The minimum atomic E-state index is -0.200. The average Bonchev–Trinajstić information content (AvgIpc) is 2.31. The molecule has 2 heteroatoms.